The average molecular weight is 425 g/mol. The van der Waals surface area contributed by atoms with Gasteiger partial charge in [0.15, 0.2) is 20.8 Å². The van der Waals surface area contributed by atoms with Crippen LogP contribution in [0.4, 0.5) is 4.39 Å². The molecule has 1 N–H and O–H groups in total. The fourth-order valence-electron chi connectivity index (χ4n) is 3.28. The maximum Gasteiger partial charge on any atom is 0.233 e. The largest absolute Gasteiger partial charge is 0.351 e. The zero-order chi connectivity index (χ0) is 19.9. The minimum Gasteiger partial charge on any atom is -0.351 e. The van der Waals surface area contributed by atoms with Crippen molar-refractivity contribution in [3.05, 3.63) is 30.1 Å². The molecule has 1 aliphatic carbocycles. The van der Waals surface area contributed by atoms with Gasteiger partial charge in [-0.25, -0.2) is 12.8 Å². The Hall–Kier alpha value is -1.94. The predicted molar refractivity (Wildman–Crippen MR) is 104 cm³/mol. The number of thioether (sulfide) groups is 1. The van der Waals surface area contributed by atoms with Crippen molar-refractivity contribution < 1.29 is 17.6 Å². The summed E-state index contributed by atoms with van der Waals surface area (Å²) in [7, 11) is -3.05. The number of carbonyl (C=O) groups is 1. The highest BCUT2D eigenvalue weighted by Crippen LogP contribution is 2.42. The van der Waals surface area contributed by atoms with Gasteiger partial charge in [0.25, 0.3) is 0 Å². The molecule has 2 heterocycles. The second-order valence-electron chi connectivity index (χ2n) is 7.26. The Morgan fingerprint density at radius 2 is 2.04 bits per heavy atom. The predicted octanol–water partition coefficient (Wildman–Crippen LogP) is 2.20. The van der Waals surface area contributed by atoms with E-state index < -0.39 is 15.1 Å². The summed E-state index contributed by atoms with van der Waals surface area (Å²) in [6.45, 7) is 1.75. The third-order valence-corrected chi connectivity index (χ3v) is 7.75. The third-order valence-electron chi connectivity index (χ3n) is 4.92. The second-order valence-corrected chi connectivity index (χ2v) is 10.8. The van der Waals surface area contributed by atoms with E-state index in [1.807, 2.05) is 4.57 Å². The highest BCUT2D eigenvalue weighted by molar-refractivity contribution is 8.00. The third kappa shape index (κ3) is 4.07. The van der Waals surface area contributed by atoms with Crippen LogP contribution in [0.1, 0.15) is 32.2 Å². The van der Waals surface area contributed by atoms with Gasteiger partial charge in [-0.2, -0.15) is 0 Å². The SMILES string of the molecule is CC(Sc1nnc(-c2ccccc2F)n1C1CC1)C(=O)NC1CCS(=O)(=O)C1. The molecule has 1 saturated carbocycles. The fourth-order valence-corrected chi connectivity index (χ4v) is 5.89. The van der Waals surface area contributed by atoms with Gasteiger partial charge in [0, 0.05) is 12.1 Å². The lowest BCUT2D eigenvalue weighted by molar-refractivity contribution is -0.120. The molecule has 1 amide bonds. The van der Waals surface area contributed by atoms with Gasteiger partial charge in [-0.3, -0.25) is 9.36 Å². The van der Waals surface area contributed by atoms with Crippen LogP contribution in [0, 0.1) is 5.82 Å². The molecule has 2 aliphatic rings. The number of hydrogen-bond acceptors (Lipinski definition) is 6. The summed E-state index contributed by atoms with van der Waals surface area (Å²) in [5.41, 5.74) is 0.391. The van der Waals surface area contributed by atoms with Crippen LogP contribution in [0.2, 0.25) is 0 Å². The number of aromatic nitrogens is 3. The van der Waals surface area contributed by atoms with Crippen LogP contribution in [0.5, 0.6) is 0 Å². The highest BCUT2D eigenvalue weighted by Gasteiger charge is 2.33. The van der Waals surface area contributed by atoms with Crippen LogP contribution in [-0.4, -0.2) is 51.9 Å². The van der Waals surface area contributed by atoms with Gasteiger partial charge in [0.2, 0.25) is 5.91 Å². The van der Waals surface area contributed by atoms with Crippen molar-refractivity contribution in [1.82, 2.24) is 20.1 Å². The van der Waals surface area contributed by atoms with E-state index in [2.05, 4.69) is 15.5 Å². The molecule has 150 valence electrons. The van der Waals surface area contributed by atoms with E-state index in [9.17, 15) is 17.6 Å². The summed E-state index contributed by atoms with van der Waals surface area (Å²) in [4.78, 5) is 12.5. The van der Waals surface area contributed by atoms with E-state index in [0.29, 0.717) is 23.0 Å². The van der Waals surface area contributed by atoms with Gasteiger partial charge >= 0.3 is 0 Å². The summed E-state index contributed by atoms with van der Waals surface area (Å²) in [6.07, 6.45) is 2.38. The van der Waals surface area contributed by atoms with Crippen molar-refractivity contribution >= 4 is 27.5 Å². The first-order chi connectivity index (χ1) is 13.3. The van der Waals surface area contributed by atoms with Crippen molar-refractivity contribution in [3.8, 4) is 11.4 Å². The molecule has 1 aliphatic heterocycles. The molecule has 1 aromatic carbocycles. The zero-order valence-electron chi connectivity index (χ0n) is 15.3. The molecule has 4 rings (SSSR count). The number of carbonyl (C=O) groups excluding carboxylic acids is 1. The lowest BCUT2D eigenvalue weighted by atomic mass is 10.2. The molecule has 0 bridgehead atoms. The maximum absolute atomic E-state index is 14.2. The molecule has 7 nitrogen and oxygen atoms in total. The summed E-state index contributed by atoms with van der Waals surface area (Å²) in [5.74, 6) is -0.0168. The van der Waals surface area contributed by atoms with Gasteiger partial charge < -0.3 is 5.32 Å². The Morgan fingerprint density at radius 3 is 2.68 bits per heavy atom. The van der Waals surface area contributed by atoms with E-state index in [0.717, 1.165) is 12.8 Å². The molecule has 10 heteroatoms. The van der Waals surface area contributed by atoms with Crippen molar-refractivity contribution in [2.24, 2.45) is 0 Å². The lowest BCUT2D eigenvalue weighted by Gasteiger charge is -2.16. The smallest absolute Gasteiger partial charge is 0.233 e. The quantitative estimate of drug-likeness (QED) is 0.715. The molecular formula is C18H21FN4O3S2. The standard InChI is InChI=1S/C18H21FN4O3S2/c1-11(17(24)20-12-8-9-28(25,26)10-12)27-18-22-21-16(23(18)13-6-7-13)14-4-2-3-5-15(14)19/h2-5,11-13H,6-10H2,1H3,(H,20,24). The number of benzene rings is 1. The second kappa shape index (κ2) is 7.47. The topological polar surface area (TPSA) is 93.9 Å². The molecule has 1 saturated heterocycles. The summed E-state index contributed by atoms with van der Waals surface area (Å²) < 4.78 is 39.3. The summed E-state index contributed by atoms with van der Waals surface area (Å²) in [5, 5.41) is 11.3. The monoisotopic (exact) mass is 424 g/mol. The minimum absolute atomic E-state index is 0.00812. The van der Waals surface area contributed by atoms with Gasteiger partial charge in [-0.1, -0.05) is 23.9 Å². The number of hydrogen-bond donors (Lipinski definition) is 1. The summed E-state index contributed by atoms with van der Waals surface area (Å²) >= 11 is 1.26. The average Bonchev–Trinajstić information content (AvgIpc) is 3.31. The van der Waals surface area contributed by atoms with Crippen LogP contribution in [0.3, 0.4) is 0 Å². The van der Waals surface area contributed by atoms with Crippen molar-refractivity contribution in [2.75, 3.05) is 11.5 Å². The molecule has 2 atom stereocenters. The fraction of sp³-hybridized carbons (Fsp3) is 0.500. The first-order valence-electron chi connectivity index (χ1n) is 9.21. The normalized spacial score (nSPS) is 22.1. The number of rotatable bonds is 6. The van der Waals surface area contributed by atoms with Crippen LogP contribution in [0.25, 0.3) is 11.4 Å². The first-order valence-corrected chi connectivity index (χ1v) is 11.9. The van der Waals surface area contributed by atoms with Crippen LogP contribution < -0.4 is 5.32 Å². The van der Waals surface area contributed by atoms with Crippen molar-refractivity contribution in [3.63, 3.8) is 0 Å². The van der Waals surface area contributed by atoms with Crippen molar-refractivity contribution in [1.29, 1.82) is 0 Å². The Labute approximate surface area is 167 Å². The Morgan fingerprint density at radius 1 is 1.29 bits per heavy atom. The van der Waals surface area contributed by atoms with E-state index in [4.69, 9.17) is 0 Å². The van der Waals surface area contributed by atoms with Crippen LogP contribution >= 0.6 is 11.8 Å². The molecule has 1 aromatic heterocycles. The van der Waals surface area contributed by atoms with E-state index in [-0.39, 0.29) is 35.3 Å². The van der Waals surface area contributed by atoms with Gasteiger partial charge in [0.05, 0.1) is 22.3 Å². The molecule has 0 radical (unpaired) electrons. The zero-order valence-corrected chi connectivity index (χ0v) is 17.0. The highest BCUT2D eigenvalue weighted by atomic mass is 32.2. The maximum atomic E-state index is 14.2. The lowest BCUT2D eigenvalue weighted by Crippen LogP contribution is -2.40. The Kier molecular flexibility index (Phi) is 5.17. The molecule has 2 fully saturated rings. The number of sulfone groups is 1. The Bertz CT molecular complexity index is 1000. The summed E-state index contributed by atoms with van der Waals surface area (Å²) in [6, 6.07) is 6.31. The van der Waals surface area contributed by atoms with Crippen LogP contribution in [0.15, 0.2) is 29.4 Å². The van der Waals surface area contributed by atoms with Gasteiger partial charge in [0.1, 0.15) is 5.82 Å². The number of halogens is 1. The number of nitrogens with zero attached hydrogens (tertiary/aromatic N) is 3. The molecule has 2 unspecified atom stereocenters. The van der Waals surface area contributed by atoms with Crippen molar-refractivity contribution in [2.45, 2.75) is 48.7 Å². The Balaban J connectivity index is 1.50. The molecule has 0 spiro atoms. The molecule has 28 heavy (non-hydrogen) atoms. The van der Waals surface area contributed by atoms with E-state index >= 15 is 0 Å². The molecular weight excluding hydrogens is 403 g/mol. The number of amides is 1. The minimum atomic E-state index is -3.05. The molecule has 2 aromatic rings. The van der Waals surface area contributed by atoms with Crippen LogP contribution in [-0.2, 0) is 14.6 Å². The number of nitrogens with one attached hydrogen (secondary N) is 1. The van der Waals surface area contributed by atoms with E-state index in [1.165, 1.54) is 17.8 Å². The van der Waals surface area contributed by atoms with Gasteiger partial charge in [-0.15, -0.1) is 10.2 Å². The van der Waals surface area contributed by atoms with Gasteiger partial charge in [-0.05, 0) is 38.3 Å². The first kappa shape index (κ1) is 19.4. The van der Waals surface area contributed by atoms with E-state index in [1.54, 1.807) is 25.1 Å².